The molecule has 0 heterocycles. The Balaban J connectivity index is 1.80. The van der Waals surface area contributed by atoms with Crippen molar-refractivity contribution in [2.75, 3.05) is 11.4 Å². The smallest absolute Gasteiger partial charge is 0.230 e. The van der Waals surface area contributed by atoms with Gasteiger partial charge < -0.3 is 10.2 Å². The number of anilines is 1. The number of hydrogen-bond acceptors (Lipinski definition) is 2. The molecule has 0 aromatic heterocycles. The largest absolute Gasteiger partial charge is 0.356 e. The quantitative estimate of drug-likeness (QED) is 0.668. The molecule has 3 rings (SSSR count). The molecule has 4 heteroatoms. The summed E-state index contributed by atoms with van der Waals surface area (Å²) >= 11 is 0. The van der Waals surface area contributed by atoms with Gasteiger partial charge in [-0.05, 0) is 48.9 Å². The van der Waals surface area contributed by atoms with E-state index in [1.807, 2.05) is 29.2 Å². The molecule has 1 fully saturated rings. The molecule has 0 atom stereocenters. The van der Waals surface area contributed by atoms with Gasteiger partial charge in [-0.3, -0.25) is 9.59 Å². The molecule has 1 aliphatic rings. The van der Waals surface area contributed by atoms with Crippen molar-refractivity contribution in [1.29, 1.82) is 0 Å². The third-order valence-corrected chi connectivity index (χ3v) is 5.73. The fraction of sp³-hybridized carbons (Fsp3) is 0.462. The molecule has 1 saturated carbocycles. The van der Waals surface area contributed by atoms with Gasteiger partial charge in [0.25, 0.3) is 0 Å². The zero-order chi connectivity index (χ0) is 21.5. The lowest BCUT2D eigenvalue weighted by Crippen LogP contribution is -2.35. The van der Waals surface area contributed by atoms with E-state index >= 15 is 0 Å². The predicted octanol–water partition coefficient (Wildman–Crippen LogP) is 5.03. The highest BCUT2D eigenvalue weighted by atomic mass is 16.2. The number of hydrogen-bond donors (Lipinski definition) is 1. The van der Waals surface area contributed by atoms with E-state index in [4.69, 9.17) is 0 Å². The molecular formula is C26H34N2O2. The van der Waals surface area contributed by atoms with E-state index in [0.29, 0.717) is 25.4 Å². The highest BCUT2D eigenvalue weighted by molar-refractivity contribution is 5.95. The van der Waals surface area contributed by atoms with Crippen LogP contribution in [0, 0.1) is 18.8 Å². The van der Waals surface area contributed by atoms with Gasteiger partial charge in [-0.25, -0.2) is 0 Å². The second-order valence-electron chi connectivity index (χ2n) is 8.94. The number of aryl methyl sites for hydroxylation is 1. The molecule has 160 valence electrons. The van der Waals surface area contributed by atoms with Gasteiger partial charge in [0, 0.05) is 18.2 Å². The molecule has 0 unspecified atom stereocenters. The van der Waals surface area contributed by atoms with E-state index < -0.39 is 0 Å². The van der Waals surface area contributed by atoms with Crippen LogP contribution in [0.15, 0.2) is 48.5 Å². The number of rotatable bonds is 8. The molecule has 0 aliphatic heterocycles. The summed E-state index contributed by atoms with van der Waals surface area (Å²) in [5, 5.41) is 2.97. The van der Waals surface area contributed by atoms with Gasteiger partial charge >= 0.3 is 0 Å². The first-order chi connectivity index (χ1) is 14.4. The monoisotopic (exact) mass is 406 g/mol. The van der Waals surface area contributed by atoms with Crippen molar-refractivity contribution in [1.82, 2.24) is 5.32 Å². The summed E-state index contributed by atoms with van der Waals surface area (Å²) < 4.78 is 0. The molecule has 2 amide bonds. The van der Waals surface area contributed by atoms with E-state index in [-0.39, 0.29) is 17.7 Å². The van der Waals surface area contributed by atoms with Crippen LogP contribution in [0.1, 0.15) is 56.2 Å². The summed E-state index contributed by atoms with van der Waals surface area (Å²) in [4.78, 5) is 27.6. The Kier molecular flexibility index (Phi) is 7.67. The van der Waals surface area contributed by atoms with Crippen molar-refractivity contribution >= 4 is 17.5 Å². The molecule has 0 saturated heterocycles. The Hall–Kier alpha value is -2.62. The van der Waals surface area contributed by atoms with Gasteiger partial charge in [0.05, 0.1) is 13.0 Å². The van der Waals surface area contributed by atoms with Crippen LogP contribution in [0.25, 0.3) is 0 Å². The Morgan fingerprint density at radius 1 is 1.03 bits per heavy atom. The molecular weight excluding hydrogens is 372 g/mol. The van der Waals surface area contributed by atoms with E-state index in [2.05, 4.69) is 50.4 Å². The minimum Gasteiger partial charge on any atom is -0.356 e. The van der Waals surface area contributed by atoms with Gasteiger partial charge in [0.1, 0.15) is 0 Å². The molecule has 1 aliphatic carbocycles. The lowest BCUT2D eigenvalue weighted by Gasteiger charge is -2.26. The molecule has 1 N–H and O–H groups in total. The summed E-state index contributed by atoms with van der Waals surface area (Å²) in [7, 11) is 0. The predicted molar refractivity (Wildman–Crippen MR) is 122 cm³/mol. The van der Waals surface area contributed by atoms with Crippen LogP contribution >= 0.6 is 0 Å². The minimum atomic E-state index is 0.0213. The van der Waals surface area contributed by atoms with Gasteiger partial charge in [-0.1, -0.05) is 68.7 Å². The molecule has 30 heavy (non-hydrogen) atoms. The van der Waals surface area contributed by atoms with Crippen LogP contribution in [0.5, 0.6) is 0 Å². The van der Waals surface area contributed by atoms with Crippen molar-refractivity contribution < 1.29 is 9.59 Å². The Morgan fingerprint density at radius 2 is 1.73 bits per heavy atom. The van der Waals surface area contributed by atoms with E-state index in [1.54, 1.807) is 0 Å². The molecule has 4 nitrogen and oxygen atoms in total. The highest BCUT2D eigenvalue weighted by Gasteiger charge is 2.28. The number of amides is 2. The molecule has 2 aromatic carbocycles. The van der Waals surface area contributed by atoms with Crippen LogP contribution in [0.3, 0.4) is 0 Å². The van der Waals surface area contributed by atoms with Gasteiger partial charge in [-0.15, -0.1) is 0 Å². The van der Waals surface area contributed by atoms with Crippen molar-refractivity contribution in [2.45, 2.75) is 59.4 Å². The van der Waals surface area contributed by atoms with Crippen molar-refractivity contribution in [3.05, 3.63) is 65.2 Å². The lowest BCUT2D eigenvalue weighted by atomic mass is 10.0. The normalized spacial score (nSPS) is 14.1. The minimum absolute atomic E-state index is 0.0213. The number of carbonyl (C=O) groups excluding carboxylic acids is 2. The topological polar surface area (TPSA) is 49.4 Å². The first-order valence-corrected chi connectivity index (χ1v) is 11.1. The number of nitrogens with one attached hydrogen (secondary N) is 1. The second kappa shape index (κ2) is 10.4. The fourth-order valence-corrected chi connectivity index (χ4v) is 3.97. The molecule has 2 aromatic rings. The Morgan fingerprint density at radius 3 is 2.40 bits per heavy atom. The molecule has 0 bridgehead atoms. The molecule has 0 spiro atoms. The number of benzene rings is 2. The van der Waals surface area contributed by atoms with Crippen LogP contribution in [0.4, 0.5) is 5.69 Å². The summed E-state index contributed by atoms with van der Waals surface area (Å²) in [5.74, 6) is 0.755. The van der Waals surface area contributed by atoms with Crippen molar-refractivity contribution in [3.8, 4) is 0 Å². The number of nitrogens with zero attached hydrogens (tertiary/aromatic N) is 1. The van der Waals surface area contributed by atoms with Crippen LogP contribution < -0.4 is 10.2 Å². The summed E-state index contributed by atoms with van der Waals surface area (Å²) in [5.41, 5.74) is 4.14. The third kappa shape index (κ3) is 6.19. The Bertz CT molecular complexity index is 852. The van der Waals surface area contributed by atoms with E-state index in [0.717, 1.165) is 42.5 Å². The average Bonchev–Trinajstić information content (AvgIpc) is 3.26. The summed E-state index contributed by atoms with van der Waals surface area (Å²) in [6.45, 7) is 7.47. The number of carbonyl (C=O) groups is 2. The maximum atomic E-state index is 13.4. The zero-order valence-corrected chi connectivity index (χ0v) is 18.5. The van der Waals surface area contributed by atoms with Gasteiger partial charge in [0.2, 0.25) is 11.8 Å². The standard InChI is InChI=1S/C26H34N2O2/c1-19(2)17-27-25(29)16-22-7-6-10-24(15-22)28(26(30)23-8-4-5-9-23)18-21-13-11-20(3)12-14-21/h6-7,10-15,19,23H,4-5,8-9,16-18H2,1-3H3,(H,27,29). The summed E-state index contributed by atoms with van der Waals surface area (Å²) in [6, 6.07) is 16.2. The maximum absolute atomic E-state index is 13.4. The zero-order valence-electron chi connectivity index (χ0n) is 18.5. The van der Waals surface area contributed by atoms with Crippen molar-refractivity contribution in [2.24, 2.45) is 11.8 Å². The first kappa shape index (κ1) is 22.1. The van der Waals surface area contributed by atoms with E-state index in [1.165, 1.54) is 5.56 Å². The molecule has 0 radical (unpaired) electrons. The fourth-order valence-electron chi connectivity index (χ4n) is 3.97. The van der Waals surface area contributed by atoms with Crippen LogP contribution in [-0.4, -0.2) is 18.4 Å². The highest BCUT2D eigenvalue weighted by Crippen LogP contribution is 2.30. The first-order valence-electron chi connectivity index (χ1n) is 11.1. The SMILES string of the molecule is Cc1ccc(CN(C(=O)C2CCCC2)c2cccc(CC(=O)NCC(C)C)c2)cc1. The third-order valence-electron chi connectivity index (χ3n) is 5.73. The Labute approximate surface area is 180 Å². The van der Waals surface area contributed by atoms with E-state index in [9.17, 15) is 9.59 Å². The maximum Gasteiger partial charge on any atom is 0.230 e. The summed E-state index contributed by atoms with van der Waals surface area (Å²) in [6.07, 6.45) is 4.54. The van der Waals surface area contributed by atoms with Crippen LogP contribution in [-0.2, 0) is 22.6 Å². The van der Waals surface area contributed by atoms with Gasteiger partial charge in [-0.2, -0.15) is 0 Å². The van der Waals surface area contributed by atoms with Gasteiger partial charge in [0.15, 0.2) is 0 Å². The lowest BCUT2D eigenvalue weighted by molar-refractivity contribution is -0.122. The average molecular weight is 407 g/mol. The van der Waals surface area contributed by atoms with Crippen LogP contribution in [0.2, 0.25) is 0 Å². The van der Waals surface area contributed by atoms with Crippen molar-refractivity contribution in [3.63, 3.8) is 0 Å². The second-order valence-corrected chi connectivity index (χ2v) is 8.94.